The number of aromatic amines is 1. The summed E-state index contributed by atoms with van der Waals surface area (Å²) in [5.74, 6) is 0. The highest BCUT2D eigenvalue weighted by Crippen LogP contribution is 2.26. The molecule has 1 aliphatic heterocycles. The van der Waals surface area contributed by atoms with Gasteiger partial charge in [-0.3, -0.25) is 4.99 Å². The molecular formula is C15H20N2. The lowest BCUT2D eigenvalue weighted by Crippen LogP contribution is -1.86. The molecule has 0 atom stereocenters. The molecule has 1 N–H and O–H groups in total. The van der Waals surface area contributed by atoms with Gasteiger partial charge >= 0.3 is 0 Å². The number of aromatic nitrogens is 1. The Morgan fingerprint density at radius 3 is 2.47 bits per heavy atom. The van der Waals surface area contributed by atoms with Gasteiger partial charge in [0.15, 0.2) is 0 Å². The Hall–Kier alpha value is -1.57. The van der Waals surface area contributed by atoms with E-state index in [0.717, 1.165) is 12.1 Å². The summed E-state index contributed by atoms with van der Waals surface area (Å²) < 4.78 is 0. The van der Waals surface area contributed by atoms with Crippen molar-refractivity contribution in [2.75, 3.05) is 0 Å². The summed E-state index contributed by atoms with van der Waals surface area (Å²) in [5, 5.41) is 0. The molecule has 1 aromatic rings. The van der Waals surface area contributed by atoms with Crippen LogP contribution < -0.4 is 0 Å². The molecule has 2 rings (SSSR count). The zero-order chi connectivity index (χ0) is 12.6. The van der Waals surface area contributed by atoms with Gasteiger partial charge < -0.3 is 4.98 Å². The Morgan fingerprint density at radius 1 is 1.24 bits per heavy atom. The lowest BCUT2D eigenvalue weighted by atomic mass is 10.1. The predicted molar refractivity (Wildman–Crippen MR) is 74.5 cm³/mol. The van der Waals surface area contributed by atoms with E-state index < -0.39 is 0 Å². The smallest absolute Gasteiger partial charge is 0.0682 e. The average molecular weight is 228 g/mol. The zero-order valence-corrected chi connectivity index (χ0v) is 11.3. The Kier molecular flexibility index (Phi) is 3.05. The van der Waals surface area contributed by atoms with Crippen LogP contribution in [0.2, 0.25) is 0 Å². The van der Waals surface area contributed by atoms with E-state index in [-0.39, 0.29) is 0 Å². The second-order valence-electron chi connectivity index (χ2n) is 4.72. The standard InChI is InChI=1S/C15H20N2/c1-6-13-11(4)12(5)17-15(13)7-14-10(3)9(2)8-16-14/h7-8,17H,6H2,1-5H3. The van der Waals surface area contributed by atoms with Gasteiger partial charge in [-0.25, -0.2) is 0 Å². The van der Waals surface area contributed by atoms with Gasteiger partial charge in [0.05, 0.1) is 5.70 Å². The number of nitrogens with zero attached hydrogens (tertiary/aromatic N) is 1. The maximum Gasteiger partial charge on any atom is 0.0682 e. The van der Waals surface area contributed by atoms with E-state index in [1.165, 1.54) is 33.7 Å². The number of allylic oxidation sites excluding steroid dienone is 2. The van der Waals surface area contributed by atoms with Crippen LogP contribution >= 0.6 is 0 Å². The number of aliphatic imine (C=N–C) groups is 1. The lowest BCUT2D eigenvalue weighted by Gasteiger charge is -2.00. The van der Waals surface area contributed by atoms with E-state index >= 15 is 0 Å². The molecule has 2 nitrogen and oxygen atoms in total. The number of hydrogen-bond donors (Lipinski definition) is 1. The molecule has 2 heterocycles. The first-order chi connectivity index (χ1) is 8.04. The monoisotopic (exact) mass is 228 g/mol. The highest BCUT2D eigenvalue weighted by molar-refractivity contribution is 5.87. The lowest BCUT2D eigenvalue weighted by molar-refractivity contribution is 1.11. The summed E-state index contributed by atoms with van der Waals surface area (Å²) in [6.45, 7) is 10.7. The van der Waals surface area contributed by atoms with Crippen LogP contribution in [-0.4, -0.2) is 11.2 Å². The number of H-pyrrole nitrogens is 1. The second kappa shape index (κ2) is 4.36. The van der Waals surface area contributed by atoms with Crippen molar-refractivity contribution < 1.29 is 0 Å². The van der Waals surface area contributed by atoms with Gasteiger partial charge in [-0.1, -0.05) is 6.92 Å². The first-order valence-electron chi connectivity index (χ1n) is 6.16. The zero-order valence-electron chi connectivity index (χ0n) is 11.3. The summed E-state index contributed by atoms with van der Waals surface area (Å²) >= 11 is 0. The molecule has 0 amide bonds. The Balaban J connectivity index is 2.47. The fourth-order valence-electron chi connectivity index (χ4n) is 2.22. The van der Waals surface area contributed by atoms with Crippen molar-refractivity contribution in [3.8, 4) is 0 Å². The fourth-order valence-corrected chi connectivity index (χ4v) is 2.22. The van der Waals surface area contributed by atoms with Gasteiger partial charge in [0.1, 0.15) is 0 Å². The number of nitrogens with one attached hydrogen (secondary N) is 1. The maximum absolute atomic E-state index is 4.45. The predicted octanol–water partition coefficient (Wildman–Crippen LogP) is 3.96. The number of aryl methyl sites for hydroxylation is 1. The van der Waals surface area contributed by atoms with Gasteiger partial charge in [0.25, 0.3) is 0 Å². The van der Waals surface area contributed by atoms with Crippen LogP contribution in [0.5, 0.6) is 0 Å². The molecule has 0 aromatic carbocycles. The molecule has 1 aliphatic rings. The van der Waals surface area contributed by atoms with Crippen LogP contribution in [-0.2, 0) is 6.42 Å². The molecule has 0 bridgehead atoms. The van der Waals surface area contributed by atoms with Crippen molar-refractivity contribution in [3.63, 3.8) is 0 Å². The molecule has 2 heteroatoms. The van der Waals surface area contributed by atoms with Crippen molar-refractivity contribution in [1.29, 1.82) is 0 Å². The summed E-state index contributed by atoms with van der Waals surface area (Å²) in [6, 6.07) is 0. The summed E-state index contributed by atoms with van der Waals surface area (Å²) in [6.07, 6.45) is 5.16. The molecule has 0 spiro atoms. The second-order valence-corrected chi connectivity index (χ2v) is 4.72. The minimum atomic E-state index is 1.06. The summed E-state index contributed by atoms with van der Waals surface area (Å²) in [4.78, 5) is 7.90. The van der Waals surface area contributed by atoms with Crippen LogP contribution in [0.15, 0.2) is 21.8 Å². The molecular weight excluding hydrogens is 208 g/mol. The van der Waals surface area contributed by atoms with Crippen molar-refractivity contribution in [2.45, 2.75) is 41.0 Å². The van der Waals surface area contributed by atoms with Crippen molar-refractivity contribution in [1.82, 2.24) is 4.98 Å². The van der Waals surface area contributed by atoms with E-state index in [9.17, 15) is 0 Å². The van der Waals surface area contributed by atoms with Gasteiger partial charge in [0, 0.05) is 17.6 Å². The number of rotatable bonds is 2. The van der Waals surface area contributed by atoms with Gasteiger partial charge in [-0.2, -0.15) is 0 Å². The van der Waals surface area contributed by atoms with E-state index in [2.05, 4.69) is 50.7 Å². The third-order valence-corrected chi connectivity index (χ3v) is 3.67. The van der Waals surface area contributed by atoms with Crippen LogP contribution in [0.4, 0.5) is 0 Å². The van der Waals surface area contributed by atoms with Crippen molar-refractivity contribution in [2.24, 2.45) is 4.99 Å². The van der Waals surface area contributed by atoms with Gasteiger partial charge in [-0.15, -0.1) is 0 Å². The summed E-state index contributed by atoms with van der Waals surface area (Å²) in [7, 11) is 0. The Bertz CT molecular complexity index is 540. The van der Waals surface area contributed by atoms with Crippen LogP contribution in [0.3, 0.4) is 0 Å². The number of hydrogen-bond acceptors (Lipinski definition) is 1. The van der Waals surface area contributed by atoms with E-state index in [1.807, 2.05) is 6.21 Å². The molecule has 90 valence electrons. The van der Waals surface area contributed by atoms with E-state index in [0.29, 0.717) is 0 Å². The Morgan fingerprint density at radius 2 is 1.94 bits per heavy atom. The molecule has 0 aliphatic carbocycles. The van der Waals surface area contributed by atoms with Crippen molar-refractivity contribution in [3.05, 3.63) is 39.4 Å². The molecule has 0 unspecified atom stereocenters. The van der Waals surface area contributed by atoms with E-state index in [4.69, 9.17) is 0 Å². The third kappa shape index (κ3) is 1.99. The van der Waals surface area contributed by atoms with Gasteiger partial charge in [0.2, 0.25) is 0 Å². The highest BCUT2D eigenvalue weighted by atomic mass is 14.8. The molecule has 0 radical (unpaired) electrons. The van der Waals surface area contributed by atoms with Crippen LogP contribution in [0.1, 0.15) is 43.3 Å². The third-order valence-electron chi connectivity index (χ3n) is 3.67. The van der Waals surface area contributed by atoms with Gasteiger partial charge in [-0.05, 0) is 62.5 Å². The first kappa shape index (κ1) is 11.9. The molecule has 0 saturated carbocycles. The SMILES string of the molecule is CCc1c(C=C2N=CC(C)=C2C)[nH]c(C)c1C. The average Bonchev–Trinajstić information content (AvgIpc) is 2.74. The quantitative estimate of drug-likeness (QED) is 0.793. The summed E-state index contributed by atoms with van der Waals surface area (Å²) in [5.41, 5.74) is 8.87. The minimum Gasteiger partial charge on any atom is -0.359 e. The largest absolute Gasteiger partial charge is 0.359 e. The van der Waals surface area contributed by atoms with Crippen molar-refractivity contribution >= 4 is 12.3 Å². The minimum absolute atomic E-state index is 1.06. The highest BCUT2D eigenvalue weighted by Gasteiger charge is 2.12. The molecule has 0 saturated heterocycles. The first-order valence-corrected chi connectivity index (χ1v) is 6.16. The fraction of sp³-hybridized carbons (Fsp3) is 0.400. The van der Waals surface area contributed by atoms with Crippen LogP contribution in [0.25, 0.3) is 6.08 Å². The molecule has 1 aromatic heterocycles. The van der Waals surface area contributed by atoms with Crippen LogP contribution in [0, 0.1) is 13.8 Å². The van der Waals surface area contributed by atoms with E-state index in [1.54, 1.807) is 0 Å². The molecule has 0 fully saturated rings. The topological polar surface area (TPSA) is 28.1 Å². The molecule has 17 heavy (non-hydrogen) atoms. The normalized spacial score (nSPS) is 17.6. The maximum atomic E-state index is 4.45. The Labute approximate surface area is 103 Å².